The average Bonchev–Trinajstić information content (AvgIpc) is 2.16. The van der Waals surface area contributed by atoms with Gasteiger partial charge in [-0.05, 0) is 51.4 Å². The van der Waals surface area contributed by atoms with Crippen LogP contribution in [0.4, 0.5) is 0 Å². The van der Waals surface area contributed by atoms with Crippen molar-refractivity contribution in [3.63, 3.8) is 0 Å². The number of aliphatic hydroxyl groups excluding tert-OH is 1. The van der Waals surface area contributed by atoms with Gasteiger partial charge in [-0.3, -0.25) is 4.79 Å². The van der Waals surface area contributed by atoms with Crippen molar-refractivity contribution in [1.29, 1.82) is 0 Å². The highest BCUT2D eigenvalue weighted by atomic mass is 16.3. The van der Waals surface area contributed by atoms with Crippen LogP contribution >= 0.6 is 0 Å². The molecule has 0 aliphatic heterocycles. The molecule has 3 nitrogen and oxygen atoms in total. The van der Waals surface area contributed by atoms with Gasteiger partial charge in [0.15, 0.2) is 0 Å². The summed E-state index contributed by atoms with van der Waals surface area (Å²) in [5.74, 6) is 0.811. The Bertz CT molecular complexity index is 198. The van der Waals surface area contributed by atoms with Crippen molar-refractivity contribution in [3.05, 3.63) is 0 Å². The summed E-state index contributed by atoms with van der Waals surface area (Å²) in [5.41, 5.74) is 0. The van der Waals surface area contributed by atoms with Gasteiger partial charge in [-0.25, -0.2) is 0 Å². The van der Waals surface area contributed by atoms with Crippen molar-refractivity contribution in [1.82, 2.24) is 5.32 Å². The molecule has 0 saturated heterocycles. The van der Waals surface area contributed by atoms with E-state index in [4.69, 9.17) is 0 Å². The van der Waals surface area contributed by atoms with E-state index in [1.807, 2.05) is 0 Å². The predicted molar refractivity (Wildman–Crippen MR) is 60.5 cm³/mol. The Kier molecular flexibility index (Phi) is 5.09. The molecule has 0 unspecified atom stereocenters. The van der Waals surface area contributed by atoms with Crippen molar-refractivity contribution in [2.75, 3.05) is 0 Å². The summed E-state index contributed by atoms with van der Waals surface area (Å²) in [5, 5.41) is 12.3. The van der Waals surface area contributed by atoms with Crippen LogP contribution in [0.3, 0.4) is 0 Å². The van der Waals surface area contributed by atoms with Crippen molar-refractivity contribution < 1.29 is 9.90 Å². The van der Waals surface area contributed by atoms with Gasteiger partial charge in [-0.2, -0.15) is 0 Å². The Hall–Kier alpha value is -0.570. The molecule has 1 aliphatic rings. The smallest absolute Gasteiger partial charge is 0.217 e. The lowest BCUT2D eigenvalue weighted by Crippen LogP contribution is -2.31. The van der Waals surface area contributed by atoms with E-state index in [0.29, 0.717) is 0 Å². The lowest BCUT2D eigenvalue weighted by atomic mass is 9.84. The van der Waals surface area contributed by atoms with E-state index in [1.165, 1.54) is 6.42 Å². The molecule has 1 rings (SSSR count). The molecule has 0 aromatic carbocycles. The first-order chi connectivity index (χ1) is 7.08. The number of hydrogen-bond acceptors (Lipinski definition) is 2. The molecule has 1 saturated carbocycles. The lowest BCUT2D eigenvalue weighted by Gasteiger charge is -2.26. The molecule has 0 radical (unpaired) electrons. The van der Waals surface area contributed by atoms with Gasteiger partial charge in [-0.1, -0.05) is 0 Å². The van der Waals surface area contributed by atoms with Gasteiger partial charge in [0.25, 0.3) is 0 Å². The van der Waals surface area contributed by atoms with Crippen LogP contribution in [0.5, 0.6) is 0 Å². The van der Waals surface area contributed by atoms with Gasteiger partial charge in [-0.15, -0.1) is 0 Å². The molecule has 3 heteroatoms. The minimum absolute atomic E-state index is 0.0570. The highest BCUT2D eigenvalue weighted by Gasteiger charge is 2.19. The Balaban J connectivity index is 2.11. The molecule has 1 fully saturated rings. The summed E-state index contributed by atoms with van der Waals surface area (Å²) in [6.45, 7) is 3.62. The van der Waals surface area contributed by atoms with E-state index in [0.717, 1.165) is 38.0 Å². The number of carbonyl (C=O) groups is 1. The number of rotatable bonds is 4. The summed E-state index contributed by atoms with van der Waals surface area (Å²) < 4.78 is 0. The number of amides is 1. The SMILES string of the molecule is CC(=O)N[C@@H](C)CC[C@H]1CC[C@H](O)CC1. The van der Waals surface area contributed by atoms with Crippen molar-refractivity contribution in [2.24, 2.45) is 5.92 Å². The monoisotopic (exact) mass is 213 g/mol. The summed E-state index contributed by atoms with van der Waals surface area (Å²) in [4.78, 5) is 10.8. The maximum absolute atomic E-state index is 10.8. The third-order valence-corrected chi connectivity index (χ3v) is 3.27. The summed E-state index contributed by atoms with van der Waals surface area (Å²) in [6.07, 6.45) is 6.38. The standard InChI is InChI=1S/C12H23NO2/c1-9(13-10(2)14)3-4-11-5-7-12(15)8-6-11/h9,11-12,15H,3-8H2,1-2H3,(H,13,14)/t9-,11-,12-/m0/s1. The van der Waals surface area contributed by atoms with Crippen LogP contribution in [0.1, 0.15) is 52.4 Å². The molecule has 0 bridgehead atoms. The fraction of sp³-hybridized carbons (Fsp3) is 0.917. The number of nitrogens with one attached hydrogen (secondary N) is 1. The second-order valence-electron chi connectivity index (χ2n) is 4.85. The van der Waals surface area contributed by atoms with Crippen LogP contribution in [-0.2, 0) is 4.79 Å². The van der Waals surface area contributed by atoms with E-state index in [1.54, 1.807) is 6.92 Å². The Morgan fingerprint density at radius 2 is 2.00 bits per heavy atom. The van der Waals surface area contributed by atoms with Crippen molar-refractivity contribution in [2.45, 2.75) is 64.5 Å². The fourth-order valence-electron chi connectivity index (χ4n) is 2.34. The minimum Gasteiger partial charge on any atom is -0.393 e. The summed E-state index contributed by atoms with van der Waals surface area (Å²) >= 11 is 0. The van der Waals surface area contributed by atoms with Gasteiger partial charge in [0, 0.05) is 13.0 Å². The van der Waals surface area contributed by atoms with Crippen molar-refractivity contribution >= 4 is 5.91 Å². The topological polar surface area (TPSA) is 49.3 Å². The number of carbonyl (C=O) groups excluding carboxylic acids is 1. The molecule has 0 heterocycles. The maximum Gasteiger partial charge on any atom is 0.217 e. The van der Waals surface area contributed by atoms with E-state index in [2.05, 4.69) is 12.2 Å². The predicted octanol–water partition coefficient (Wildman–Crippen LogP) is 1.84. The molecule has 1 aliphatic carbocycles. The zero-order valence-electron chi connectivity index (χ0n) is 9.83. The zero-order valence-corrected chi connectivity index (χ0v) is 9.83. The summed E-state index contributed by atoms with van der Waals surface area (Å²) in [7, 11) is 0. The third kappa shape index (κ3) is 5.17. The fourth-order valence-corrected chi connectivity index (χ4v) is 2.34. The van der Waals surface area contributed by atoms with Gasteiger partial charge < -0.3 is 10.4 Å². The molecular weight excluding hydrogens is 190 g/mol. The molecule has 2 N–H and O–H groups in total. The van der Waals surface area contributed by atoms with E-state index >= 15 is 0 Å². The minimum atomic E-state index is -0.0611. The first kappa shape index (κ1) is 12.5. The molecule has 0 aromatic heterocycles. The average molecular weight is 213 g/mol. The lowest BCUT2D eigenvalue weighted by molar-refractivity contribution is -0.119. The highest BCUT2D eigenvalue weighted by Crippen LogP contribution is 2.27. The Morgan fingerprint density at radius 1 is 1.40 bits per heavy atom. The van der Waals surface area contributed by atoms with Crippen LogP contribution in [0.15, 0.2) is 0 Å². The molecular formula is C12H23NO2. The van der Waals surface area contributed by atoms with Gasteiger partial charge in [0.05, 0.1) is 6.10 Å². The number of hydrogen-bond donors (Lipinski definition) is 2. The zero-order chi connectivity index (χ0) is 11.3. The van der Waals surface area contributed by atoms with E-state index < -0.39 is 0 Å². The normalized spacial score (nSPS) is 28.5. The molecule has 0 aromatic rings. The second-order valence-corrected chi connectivity index (χ2v) is 4.85. The quantitative estimate of drug-likeness (QED) is 0.748. The molecule has 1 atom stereocenters. The first-order valence-corrected chi connectivity index (χ1v) is 6.03. The molecule has 1 amide bonds. The Morgan fingerprint density at radius 3 is 2.53 bits per heavy atom. The highest BCUT2D eigenvalue weighted by molar-refractivity contribution is 5.73. The van der Waals surface area contributed by atoms with Crippen LogP contribution in [0.2, 0.25) is 0 Å². The van der Waals surface area contributed by atoms with Gasteiger partial charge in [0.1, 0.15) is 0 Å². The second kappa shape index (κ2) is 6.11. The van der Waals surface area contributed by atoms with Gasteiger partial charge >= 0.3 is 0 Å². The van der Waals surface area contributed by atoms with Crippen LogP contribution in [-0.4, -0.2) is 23.2 Å². The van der Waals surface area contributed by atoms with Gasteiger partial charge in [0.2, 0.25) is 5.91 Å². The van der Waals surface area contributed by atoms with Crippen LogP contribution < -0.4 is 5.32 Å². The van der Waals surface area contributed by atoms with Crippen LogP contribution in [0, 0.1) is 5.92 Å². The largest absolute Gasteiger partial charge is 0.393 e. The molecule has 88 valence electrons. The maximum atomic E-state index is 10.8. The first-order valence-electron chi connectivity index (χ1n) is 6.03. The molecule has 15 heavy (non-hydrogen) atoms. The Labute approximate surface area is 92.3 Å². The van der Waals surface area contributed by atoms with E-state index in [9.17, 15) is 9.90 Å². The van der Waals surface area contributed by atoms with Crippen molar-refractivity contribution in [3.8, 4) is 0 Å². The molecule has 0 spiro atoms. The summed E-state index contributed by atoms with van der Waals surface area (Å²) in [6, 6.07) is 0.286. The number of aliphatic hydroxyl groups is 1. The van der Waals surface area contributed by atoms with Crippen LogP contribution in [0.25, 0.3) is 0 Å². The van der Waals surface area contributed by atoms with E-state index in [-0.39, 0.29) is 18.1 Å². The third-order valence-electron chi connectivity index (χ3n) is 3.27.